The second kappa shape index (κ2) is 5.75. The van der Waals surface area contributed by atoms with E-state index in [9.17, 15) is 4.79 Å². The molecule has 0 bridgehead atoms. The van der Waals surface area contributed by atoms with E-state index in [0.717, 1.165) is 11.1 Å². The number of carbonyl (C=O) groups is 1. The molecule has 20 heavy (non-hydrogen) atoms. The van der Waals surface area contributed by atoms with E-state index < -0.39 is 5.97 Å². The lowest BCUT2D eigenvalue weighted by Crippen LogP contribution is -1.98. The predicted molar refractivity (Wildman–Crippen MR) is 75.5 cm³/mol. The van der Waals surface area contributed by atoms with Crippen molar-refractivity contribution < 1.29 is 9.90 Å². The number of rotatable bonds is 5. The van der Waals surface area contributed by atoms with Crippen LogP contribution in [-0.2, 0) is 0 Å². The molecular weight excluding hydrogens is 256 g/mol. The Hall–Kier alpha value is -3.02. The van der Waals surface area contributed by atoms with Crippen molar-refractivity contribution in [2.45, 2.75) is 0 Å². The summed E-state index contributed by atoms with van der Waals surface area (Å²) in [4.78, 5) is 11.1. The van der Waals surface area contributed by atoms with Crippen LogP contribution in [0.2, 0.25) is 0 Å². The number of hydrogen-bond donors (Lipinski definition) is 4. The van der Waals surface area contributed by atoms with Crippen LogP contribution in [-0.4, -0.2) is 17.3 Å². The quantitative estimate of drug-likeness (QED) is 0.379. The minimum Gasteiger partial charge on any atom is -0.478 e. The molecule has 0 unspecified atom stereocenters. The smallest absolute Gasteiger partial charge is 0.335 e. The summed E-state index contributed by atoms with van der Waals surface area (Å²) in [6.07, 6.45) is 1.24. The van der Waals surface area contributed by atoms with E-state index in [4.69, 9.17) is 16.0 Å². The highest BCUT2D eigenvalue weighted by molar-refractivity contribution is 5.91. The fourth-order valence-electron chi connectivity index (χ4n) is 1.82. The molecule has 6 nitrogen and oxygen atoms in total. The maximum Gasteiger partial charge on any atom is 0.335 e. The van der Waals surface area contributed by atoms with Gasteiger partial charge >= 0.3 is 5.97 Å². The zero-order valence-corrected chi connectivity index (χ0v) is 10.4. The Balaban J connectivity index is 2.50. The van der Waals surface area contributed by atoms with Gasteiger partial charge in [0.15, 0.2) is 0 Å². The molecule has 2 aromatic carbocycles. The van der Waals surface area contributed by atoms with Gasteiger partial charge in [-0.3, -0.25) is 5.43 Å². The van der Waals surface area contributed by atoms with Crippen molar-refractivity contribution in [3.63, 3.8) is 0 Å². The molecule has 6 heteroatoms. The van der Waals surface area contributed by atoms with E-state index in [1.54, 1.807) is 24.3 Å². The Bertz CT molecular complexity index is 665. The molecule has 2 aromatic rings. The Morgan fingerprint density at radius 3 is 2.40 bits per heavy atom. The summed E-state index contributed by atoms with van der Waals surface area (Å²) in [5.74, 6) is -1.05. The lowest BCUT2D eigenvalue weighted by Gasteiger charge is -2.07. The van der Waals surface area contributed by atoms with Gasteiger partial charge < -0.3 is 10.5 Å². The summed E-state index contributed by atoms with van der Waals surface area (Å²) >= 11 is 0. The van der Waals surface area contributed by atoms with Crippen LogP contribution in [0.5, 0.6) is 0 Å². The van der Waals surface area contributed by atoms with E-state index in [1.165, 1.54) is 12.3 Å². The van der Waals surface area contributed by atoms with Crippen LogP contribution in [0.3, 0.4) is 0 Å². The predicted octanol–water partition coefficient (Wildman–Crippen LogP) is 3.41. The monoisotopic (exact) mass is 268 g/mol. The summed E-state index contributed by atoms with van der Waals surface area (Å²) in [6, 6.07) is 11.8. The van der Waals surface area contributed by atoms with Crippen LogP contribution in [0.1, 0.15) is 15.9 Å². The van der Waals surface area contributed by atoms with Gasteiger partial charge in [-0.1, -0.05) is 29.5 Å². The van der Waals surface area contributed by atoms with Crippen LogP contribution < -0.4 is 5.43 Å². The highest BCUT2D eigenvalue weighted by atomic mass is 16.4. The number of anilines is 1. The number of hydrogen-bond acceptors (Lipinski definition) is 4. The third-order valence-corrected chi connectivity index (χ3v) is 2.78. The number of nitrogens with zero attached hydrogens (tertiary/aromatic N) is 1. The highest BCUT2D eigenvalue weighted by Crippen LogP contribution is 2.25. The molecule has 0 spiro atoms. The minimum atomic E-state index is -1.05. The van der Waals surface area contributed by atoms with Gasteiger partial charge in [0.25, 0.3) is 0 Å². The average molecular weight is 268 g/mol. The molecule has 4 N–H and O–H groups in total. The molecule has 100 valence electrons. The van der Waals surface area contributed by atoms with E-state index in [1.807, 2.05) is 12.1 Å². The number of benzene rings is 2. The molecule has 0 radical (unpaired) electrons. The number of carboxylic acids is 1. The van der Waals surface area contributed by atoms with Crippen LogP contribution >= 0.6 is 0 Å². The van der Waals surface area contributed by atoms with Crippen molar-refractivity contribution in [2.24, 2.45) is 5.22 Å². The Morgan fingerprint density at radius 2 is 1.85 bits per heavy atom. The standard InChI is InChI=1S/C14H12N4O2/c15-8-9-1-3-10(4-2-9)11-5-12(14(19)20)7-13(6-11)17-18-16/h1-8,15H,(H2,16,17)(H,19,20). The van der Waals surface area contributed by atoms with Crippen LogP contribution in [0.4, 0.5) is 5.69 Å². The molecule has 0 aliphatic carbocycles. The van der Waals surface area contributed by atoms with Crippen LogP contribution in [0, 0.1) is 10.9 Å². The second-order valence-electron chi connectivity index (χ2n) is 4.09. The van der Waals surface area contributed by atoms with E-state index >= 15 is 0 Å². The number of carboxylic acid groups (broad SMARTS) is 1. The van der Waals surface area contributed by atoms with Crippen molar-refractivity contribution in [1.82, 2.24) is 0 Å². The number of aromatic carboxylic acids is 1. The van der Waals surface area contributed by atoms with Gasteiger partial charge in [0, 0.05) is 6.21 Å². The van der Waals surface area contributed by atoms with Gasteiger partial charge in [0.05, 0.1) is 11.3 Å². The molecule has 0 saturated heterocycles. The molecule has 0 saturated carbocycles. The fourth-order valence-corrected chi connectivity index (χ4v) is 1.82. The first-order valence-corrected chi connectivity index (χ1v) is 5.76. The largest absolute Gasteiger partial charge is 0.478 e. The summed E-state index contributed by atoms with van der Waals surface area (Å²) in [6.45, 7) is 0. The van der Waals surface area contributed by atoms with Gasteiger partial charge in [0.1, 0.15) is 0 Å². The maximum absolute atomic E-state index is 11.1. The molecular formula is C14H12N4O2. The first-order valence-electron chi connectivity index (χ1n) is 5.76. The Labute approximate surface area is 115 Å². The summed E-state index contributed by atoms with van der Waals surface area (Å²) in [7, 11) is 0. The topological polar surface area (TPSA) is 109 Å². The number of nitrogens with one attached hydrogen (secondary N) is 3. The van der Waals surface area contributed by atoms with Crippen molar-refractivity contribution in [3.8, 4) is 11.1 Å². The lowest BCUT2D eigenvalue weighted by atomic mass is 10.0. The molecule has 0 aromatic heterocycles. The SMILES string of the molecule is N=Cc1ccc(-c2cc(NN=N)cc(C(=O)O)c2)cc1. The van der Waals surface area contributed by atoms with Crippen LogP contribution in [0.25, 0.3) is 11.1 Å². The van der Waals surface area contributed by atoms with Crippen molar-refractivity contribution >= 4 is 17.9 Å². The van der Waals surface area contributed by atoms with Crippen molar-refractivity contribution in [1.29, 1.82) is 10.9 Å². The van der Waals surface area contributed by atoms with Gasteiger partial charge in [-0.05, 0) is 34.9 Å². The Kier molecular flexibility index (Phi) is 3.85. The van der Waals surface area contributed by atoms with E-state index in [2.05, 4.69) is 10.6 Å². The van der Waals surface area contributed by atoms with Gasteiger partial charge in [-0.15, -0.1) is 0 Å². The highest BCUT2D eigenvalue weighted by Gasteiger charge is 2.08. The molecule has 0 atom stereocenters. The van der Waals surface area contributed by atoms with Crippen molar-refractivity contribution in [3.05, 3.63) is 53.6 Å². The van der Waals surface area contributed by atoms with E-state index in [-0.39, 0.29) is 5.56 Å². The zero-order chi connectivity index (χ0) is 14.5. The molecule has 2 rings (SSSR count). The maximum atomic E-state index is 11.1. The fraction of sp³-hybridized carbons (Fsp3) is 0. The molecule has 0 amide bonds. The van der Waals surface area contributed by atoms with Crippen molar-refractivity contribution in [2.75, 3.05) is 5.43 Å². The van der Waals surface area contributed by atoms with E-state index in [0.29, 0.717) is 11.3 Å². The minimum absolute atomic E-state index is 0.116. The Morgan fingerprint density at radius 1 is 1.15 bits per heavy atom. The zero-order valence-electron chi connectivity index (χ0n) is 10.4. The second-order valence-corrected chi connectivity index (χ2v) is 4.09. The average Bonchev–Trinajstić information content (AvgIpc) is 2.47. The lowest BCUT2D eigenvalue weighted by molar-refractivity contribution is 0.0697. The van der Waals surface area contributed by atoms with Gasteiger partial charge in [-0.25, -0.2) is 4.79 Å². The third kappa shape index (κ3) is 2.86. The first-order chi connectivity index (χ1) is 9.63. The summed E-state index contributed by atoms with van der Waals surface area (Å²) in [5, 5.41) is 19.3. The molecule has 0 aliphatic rings. The summed E-state index contributed by atoms with van der Waals surface area (Å²) < 4.78 is 0. The van der Waals surface area contributed by atoms with Gasteiger partial charge in [-0.2, -0.15) is 5.53 Å². The summed E-state index contributed by atoms with van der Waals surface area (Å²) in [5.41, 5.74) is 12.1. The third-order valence-electron chi connectivity index (χ3n) is 2.78. The van der Waals surface area contributed by atoms with Crippen LogP contribution in [0.15, 0.2) is 47.7 Å². The normalized spacial score (nSPS) is 9.80. The molecule has 0 heterocycles. The molecule has 0 aliphatic heterocycles. The van der Waals surface area contributed by atoms with Gasteiger partial charge in [0.2, 0.25) is 0 Å². The molecule has 0 fully saturated rings. The first kappa shape index (κ1) is 13.4.